The van der Waals surface area contributed by atoms with Crippen molar-refractivity contribution in [2.75, 3.05) is 0 Å². The Kier molecular flexibility index (Phi) is 3.51. The van der Waals surface area contributed by atoms with Crippen molar-refractivity contribution in [1.29, 1.82) is 0 Å². The van der Waals surface area contributed by atoms with Gasteiger partial charge in [-0.15, -0.1) is 0 Å². The predicted molar refractivity (Wildman–Crippen MR) is 91.4 cm³/mol. The lowest BCUT2D eigenvalue weighted by molar-refractivity contribution is 0.461. The summed E-state index contributed by atoms with van der Waals surface area (Å²) >= 11 is 5.95. The van der Waals surface area contributed by atoms with Crippen LogP contribution in [0.25, 0.3) is 22.6 Å². The number of halogens is 1. The summed E-state index contributed by atoms with van der Waals surface area (Å²) in [5, 5.41) is 0.565. The summed E-state index contributed by atoms with van der Waals surface area (Å²) in [5.41, 5.74) is 9.98. The standard InChI is InChI=1S/C17H11ClN5O/c18-10-4-3-5-11(8-10)24-14-9-20-16(19)15(23-14)17-21-12-6-1-2-7-13(12)22-17/h1-9,19H,(H,21,22). The first-order chi connectivity index (χ1) is 11.7. The number of rotatable bonds is 3. The number of ether oxygens (including phenoxy) is 1. The van der Waals surface area contributed by atoms with Crippen molar-refractivity contribution in [3.8, 4) is 23.1 Å². The molecule has 0 bridgehead atoms. The van der Waals surface area contributed by atoms with Gasteiger partial charge in [-0.25, -0.2) is 15.0 Å². The van der Waals surface area contributed by atoms with Gasteiger partial charge in [-0.05, 0) is 30.3 Å². The van der Waals surface area contributed by atoms with Gasteiger partial charge in [0.2, 0.25) is 5.88 Å². The number of hydrogen-bond acceptors (Lipinski definition) is 4. The molecule has 0 amide bonds. The molecule has 2 heterocycles. The number of H-pyrrole nitrogens is 1. The Morgan fingerprint density at radius 1 is 1.04 bits per heavy atom. The summed E-state index contributed by atoms with van der Waals surface area (Å²) in [5.74, 6) is 1.31. The summed E-state index contributed by atoms with van der Waals surface area (Å²) in [7, 11) is 0. The van der Waals surface area contributed by atoms with Crippen LogP contribution in [0.1, 0.15) is 0 Å². The smallest absolute Gasteiger partial charge is 0.238 e. The first-order valence-electron chi connectivity index (χ1n) is 7.16. The van der Waals surface area contributed by atoms with E-state index in [4.69, 9.17) is 22.1 Å². The molecule has 2 N–H and O–H groups in total. The molecule has 1 radical (unpaired) electrons. The Balaban J connectivity index is 1.73. The van der Waals surface area contributed by atoms with E-state index in [1.165, 1.54) is 6.20 Å². The van der Waals surface area contributed by atoms with E-state index in [9.17, 15) is 0 Å². The maximum absolute atomic E-state index is 7.98. The van der Waals surface area contributed by atoms with Crippen molar-refractivity contribution < 1.29 is 4.74 Å². The summed E-state index contributed by atoms with van der Waals surface area (Å²) in [6.07, 6.45) is 1.40. The van der Waals surface area contributed by atoms with Crippen LogP contribution in [0, 0.1) is 0 Å². The lowest BCUT2D eigenvalue weighted by Gasteiger charge is -2.06. The van der Waals surface area contributed by atoms with Gasteiger partial charge >= 0.3 is 0 Å². The zero-order valence-corrected chi connectivity index (χ0v) is 13.1. The summed E-state index contributed by atoms with van der Waals surface area (Å²) in [6, 6.07) is 14.6. The van der Waals surface area contributed by atoms with E-state index in [0.29, 0.717) is 22.3 Å². The first kappa shape index (κ1) is 14.5. The van der Waals surface area contributed by atoms with Gasteiger partial charge in [-0.2, -0.15) is 0 Å². The minimum Gasteiger partial charge on any atom is -0.437 e. The van der Waals surface area contributed by atoms with E-state index in [1.807, 2.05) is 24.3 Å². The third kappa shape index (κ3) is 2.75. The van der Waals surface area contributed by atoms with Crippen LogP contribution in [-0.2, 0) is 0 Å². The number of aromatic nitrogens is 4. The predicted octanol–water partition coefficient (Wildman–Crippen LogP) is 4.38. The van der Waals surface area contributed by atoms with Gasteiger partial charge in [-0.1, -0.05) is 29.8 Å². The second kappa shape index (κ2) is 5.82. The number of nitrogens with one attached hydrogen (secondary N) is 2. The van der Waals surface area contributed by atoms with Gasteiger partial charge in [0.15, 0.2) is 17.3 Å². The second-order valence-electron chi connectivity index (χ2n) is 5.07. The van der Waals surface area contributed by atoms with Crippen molar-refractivity contribution in [2.45, 2.75) is 0 Å². The molecule has 117 valence electrons. The fraction of sp³-hybridized carbons (Fsp3) is 0. The molecule has 0 aliphatic heterocycles. The van der Waals surface area contributed by atoms with E-state index < -0.39 is 0 Å². The Labute approximate surface area is 142 Å². The SMILES string of the molecule is [NH]c1ncc(Oc2cccc(Cl)c2)nc1-c1nc2ccccc2[nH]1. The molecular formula is C17H11ClN5O. The van der Waals surface area contributed by atoms with Crippen LogP contribution in [0.15, 0.2) is 54.7 Å². The topological polar surface area (TPSA) is 87.5 Å². The summed E-state index contributed by atoms with van der Waals surface area (Å²) < 4.78 is 5.67. The van der Waals surface area contributed by atoms with Gasteiger partial charge in [0.25, 0.3) is 0 Å². The average molecular weight is 337 g/mol. The molecular weight excluding hydrogens is 326 g/mol. The third-order valence-electron chi connectivity index (χ3n) is 3.38. The highest BCUT2D eigenvalue weighted by molar-refractivity contribution is 6.30. The molecule has 0 saturated heterocycles. The van der Waals surface area contributed by atoms with Crippen LogP contribution in [0.5, 0.6) is 11.6 Å². The van der Waals surface area contributed by atoms with E-state index in [-0.39, 0.29) is 11.7 Å². The summed E-state index contributed by atoms with van der Waals surface area (Å²) in [4.78, 5) is 16.0. The zero-order valence-electron chi connectivity index (χ0n) is 12.3. The Morgan fingerprint density at radius 3 is 2.75 bits per heavy atom. The minimum atomic E-state index is 0.0208. The molecule has 4 rings (SSSR count). The van der Waals surface area contributed by atoms with Crippen LogP contribution in [0.2, 0.25) is 5.02 Å². The number of para-hydroxylation sites is 2. The fourth-order valence-electron chi connectivity index (χ4n) is 2.30. The normalized spacial score (nSPS) is 10.9. The van der Waals surface area contributed by atoms with Gasteiger partial charge < -0.3 is 9.72 Å². The molecule has 0 aliphatic carbocycles. The highest BCUT2D eigenvalue weighted by Crippen LogP contribution is 2.28. The van der Waals surface area contributed by atoms with Crippen molar-refractivity contribution in [3.05, 3.63) is 59.8 Å². The third-order valence-corrected chi connectivity index (χ3v) is 3.62. The van der Waals surface area contributed by atoms with Crippen LogP contribution in [-0.4, -0.2) is 19.9 Å². The molecule has 2 aromatic carbocycles. The maximum atomic E-state index is 7.98. The van der Waals surface area contributed by atoms with Crippen molar-refractivity contribution >= 4 is 28.5 Å². The number of hydrogen-bond donors (Lipinski definition) is 1. The van der Waals surface area contributed by atoms with E-state index in [2.05, 4.69) is 19.9 Å². The van der Waals surface area contributed by atoms with Gasteiger partial charge in [0.05, 0.1) is 17.2 Å². The molecule has 0 unspecified atom stereocenters. The highest BCUT2D eigenvalue weighted by atomic mass is 35.5. The second-order valence-corrected chi connectivity index (χ2v) is 5.50. The van der Waals surface area contributed by atoms with Gasteiger partial charge in [0, 0.05) is 5.02 Å². The molecule has 7 heteroatoms. The van der Waals surface area contributed by atoms with E-state index >= 15 is 0 Å². The zero-order chi connectivity index (χ0) is 16.5. The Hall–Kier alpha value is -3.12. The number of imidazole rings is 1. The number of aromatic amines is 1. The first-order valence-corrected chi connectivity index (χ1v) is 7.54. The molecule has 0 spiro atoms. The fourth-order valence-corrected chi connectivity index (χ4v) is 2.48. The number of benzene rings is 2. The molecule has 0 fully saturated rings. The van der Waals surface area contributed by atoms with Gasteiger partial charge in [0.1, 0.15) is 5.75 Å². The molecule has 0 aliphatic rings. The van der Waals surface area contributed by atoms with E-state index in [0.717, 1.165) is 11.0 Å². The molecule has 24 heavy (non-hydrogen) atoms. The van der Waals surface area contributed by atoms with E-state index in [1.54, 1.807) is 24.3 Å². The molecule has 4 aromatic rings. The van der Waals surface area contributed by atoms with Crippen LogP contribution < -0.4 is 10.5 Å². The largest absolute Gasteiger partial charge is 0.437 e. The van der Waals surface area contributed by atoms with Crippen molar-refractivity contribution in [1.82, 2.24) is 25.7 Å². The molecule has 2 aromatic heterocycles. The Bertz CT molecular complexity index is 997. The van der Waals surface area contributed by atoms with Gasteiger partial charge in [-0.3, -0.25) is 5.73 Å². The van der Waals surface area contributed by atoms with Crippen LogP contribution >= 0.6 is 11.6 Å². The number of fused-ring (bicyclic) bond motifs is 1. The lowest BCUT2D eigenvalue weighted by Crippen LogP contribution is -1.95. The minimum absolute atomic E-state index is 0.0208. The number of nitrogens with zero attached hydrogens (tertiary/aromatic N) is 3. The maximum Gasteiger partial charge on any atom is 0.238 e. The Morgan fingerprint density at radius 2 is 1.92 bits per heavy atom. The lowest BCUT2D eigenvalue weighted by atomic mass is 10.3. The average Bonchev–Trinajstić information content (AvgIpc) is 3.00. The van der Waals surface area contributed by atoms with Crippen molar-refractivity contribution in [2.24, 2.45) is 0 Å². The van der Waals surface area contributed by atoms with Crippen LogP contribution in [0.3, 0.4) is 0 Å². The monoisotopic (exact) mass is 336 g/mol. The quantitative estimate of drug-likeness (QED) is 0.601. The highest BCUT2D eigenvalue weighted by Gasteiger charge is 2.13. The van der Waals surface area contributed by atoms with Crippen LogP contribution in [0.4, 0.5) is 5.82 Å². The van der Waals surface area contributed by atoms with Crippen molar-refractivity contribution in [3.63, 3.8) is 0 Å². The summed E-state index contributed by atoms with van der Waals surface area (Å²) in [6.45, 7) is 0. The molecule has 0 saturated carbocycles. The molecule has 0 atom stereocenters. The molecule has 6 nitrogen and oxygen atoms in total.